The van der Waals surface area contributed by atoms with Gasteiger partial charge in [0.1, 0.15) is 0 Å². The predicted molar refractivity (Wildman–Crippen MR) is 61.2 cm³/mol. The summed E-state index contributed by atoms with van der Waals surface area (Å²) in [4.78, 5) is 2.60. The molecule has 1 heterocycles. The van der Waals surface area contributed by atoms with Crippen LogP contribution >= 0.6 is 11.8 Å². The van der Waals surface area contributed by atoms with Crippen molar-refractivity contribution in [1.29, 1.82) is 0 Å². The van der Waals surface area contributed by atoms with Crippen LogP contribution in [0.4, 0.5) is 0 Å². The third kappa shape index (κ3) is 3.15. The van der Waals surface area contributed by atoms with Crippen LogP contribution < -0.4 is 5.73 Å². The zero-order valence-corrected chi connectivity index (χ0v) is 9.65. The van der Waals surface area contributed by atoms with Crippen LogP contribution in [0.2, 0.25) is 0 Å². The molecule has 2 atom stereocenters. The van der Waals surface area contributed by atoms with E-state index in [1.165, 1.54) is 30.9 Å². The van der Waals surface area contributed by atoms with Crippen LogP contribution in [0.3, 0.4) is 0 Å². The molecule has 1 rings (SSSR count). The molecule has 0 aromatic heterocycles. The van der Waals surface area contributed by atoms with Crippen molar-refractivity contribution < 1.29 is 0 Å². The molecule has 2 unspecified atom stereocenters. The van der Waals surface area contributed by atoms with E-state index in [1.54, 1.807) is 0 Å². The molecule has 3 heteroatoms. The van der Waals surface area contributed by atoms with Gasteiger partial charge in [0.25, 0.3) is 0 Å². The van der Waals surface area contributed by atoms with Crippen molar-refractivity contribution in [3.63, 3.8) is 0 Å². The molecule has 2 nitrogen and oxygen atoms in total. The molecule has 0 aromatic rings. The van der Waals surface area contributed by atoms with Crippen molar-refractivity contribution in [1.82, 2.24) is 4.90 Å². The summed E-state index contributed by atoms with van der Waals surface area (Å²) in [5.74, 6) is 2.56. The first-order chi connectivity index (χ1) is 6.29. The molecule has 0 saturated carbocycles. The summed E-state index contributed by atoms with van der Waals surface area (Å²) in [6, 6.07) is 1.35. The SMILES string of the molecule is CCCC(CN)N1CCSCC1C. The maximum Gasteiger partial charge on any atom is 0.0221 e. The molecule has 0 spiro atoms. The second-order valence-corrected chi connectivity index (χ2v) is 4.99. The summed E-state index contributed by atoms with van der Waals surface area (Å²) in [6.45, 7) is 6.62. The van der Waals surface area contributed by atoms with Gasteiger partial charge in [-0.2, -0.15) is 11.8 Å². The number of nitrogens with zero attached hydrogens (tertiary/aromatic N) is 1. The highest BCUT2D eigenvalue weighted by Crippen LogP contribution is 2.20. The topological polar surface area (TPSA) is 29.3 Å². The normalized spacial score (nSPS) is 27.5. The zero-order chi connectivity index (χ0) is 9.68. The van der Waals surface area contributed by atoms with E-state index >= 15 is 0 Å². The first-order valence-corrected chi connectivity index (χ1v) is 6.48. The van der Waals surface area contributed by atoms with Crippen molar-refractivity contribution in [2.45, 2.75) is 38.8 Å². The van der Waals surface area contributed by atoms with E-state index in [4.69, 9.17) is 5.73 Å². The van der Waals surface area contributed by atoms with E-state index in [9.17, 15) is 0 Å². The lowest BCUT2D eigenvalue weighted by Gasteiger charge is -2.38. The predicted octanol–water partition coefficient (Wildman–Crippen LogP) is 1.55. The highest BCUT2D eigenvalue weighted by molar-refractivity contribution is 7.99. The summed E-state index contributed by atoms with van der Waals surface area (Å²) in [5.41, 5.74) is 5.80. The molecular weight excluding hydrogens is 180 g/mol. The van der Waals surface area contributed by atoms with Crippen LogP contribution in [-0.4, -0.2) is 41.6 Å². The molecule has 0 aliphatic carbocycles. The Kier molecular flexibility index (Phi) is 5.14. The molecule has 2 N–H and O–H groups in total. The van der Waals surface area contributed by atoms with Crippen LogP contribution in [0.1, 0.15) is 26.7 Å². The van der Waals surface area contributed by atoms with Crippen LogP contribution in [0.15, 0.2) is 0 Å². The van der Waals surface area contributed by atoms with E-state index in [-0.39, 0.29) is 0 Å². The van der Waals surface area contributed by atoms with Crippen LogP contribution in [-0.2, 0) is 0 Å². The van der Waals surface area contributed by atoms with Gasteiger partial charge in [-0.05, 0) is 13.3 Å². The van der Waals surface area contributed by atoms with Gasteiger partial charge >= 0.3 is 0 Å². The van der Waals surface area contributed by atoms with Crippen molar-refractivity contribution in [3.8, 4) is 0 Å². The third-order valence-electron chi connectivity index (χ3n) is 2.78. The minimum atomic E-state index is 0.626. The van der Waals surface area contributed by atoms with Gasteiger partial charge in [0, 0.05) is 36.7 Å². The van der Waals surface area contributed by atoms with E-state index in [0.29, 0.717) is 6.04 Å². The van der Waals surface area contributed by atoms with Crippen LogP contribution in [0.5, 0.6) is 0 Å². The van der Waals surface area contributed by atoms with E-state index < -0.39 is 0 Å². The number of rotatable bonds is 4. The van der Waals surface area contributed by atoms with Gasteiger partial charge in [-0.15, -0.1) is 0 Å². The van der Waals surface area contributed by atoms with Gasteiger partial charge in [-0.3, -0.25) is 4.90 Å². The van der Waals surface area contributed by atoms with Crippen LogP contribution in [0.25, 0.3) is 0 Å². The minimum Gasteiger partial charge on any atom is -0.329 e. The van der Waals surface area contributed by atoms with Crippen molar-refractivity contribution >= 4 is 11.8 Å². The van der Waals surface area contributed by atoms with Gasteiger partial charge in [-0.1, -0.05) is 13.3 Å². The molecule has 1 aliphatic heterocycles. The molecule has 0 aromatic carbocycles. The second kappa shape index (κ2) is 5.89. The van der Waals surface area contributed by atoms with Gasteiger partial charge in [0.05, 0.1) is 0 Å². The fourth-order valence-corrected chi connectivity index (χ4v) is 3.07. The minimum absolute atomic E-state index is 0.626. The standard InChI is InChI=1S/C10H22N2S/c1-3-4-10(7-11)12-5-6-13-8-9(12)2/h9-10H,3-8,11H2,1-2H3. The van der Waals surface area contributed by atoms with E-state index in [2.05, 4.69) is 30.5 Å². The Morgan fingerprint density at radius 2 is 2.38 bits per heavy atom. The fraction of sp³-hybridized carbons (Fsp3) is 1.00. The lowest BCUT2D eigenvalue weighted by Crippen LogP contribution is -2.49. The van der Waals surface area contributed by atoms with E-state index in [1.807, 2.05) is 0 Å². The molecule has 13 heavy (non-hydrogen) atoms. The first kappa shape index (κ1) is 11.3. The molecule has 0 radical (unpaired) electrons. The van der Waals surface area contributed by atoms with Crippen molar-refractivity contribution in [2.24, 2.45) is 5.73 Å². The average Bonchev–Trinajstić information content (AvgIpc) is 2.16. The Morgan fingerprint density at radius 1 is 1.62 bits per heavy atom. The molecule has 0 amide bonds. The second-order valence-electron chi connectivity index (χ2n) is 3.84. The molecule has 0 bridgehead atoms. The van der Waals surface area contributed by atoms with Gasteiger partial charge < -0.3 is 5.73 Å². The Labute approximate surface area is 86.2 Å². The number of thioether (sulfide) groups is 1. The lowest BCUT2D eigenvalue weighted by molar-refractivity contribution is 0.156. The Bertz CT molecular complexity index is 141. The van der Waals surface area contributed by atoms with E-state index in [0.717, 1.165) is 12.6 Å². The van der Waals surface area contributed by atoms with Crippen molar-refractivity contribution in [3.05, 3.63) is 0 Å². The number of hydrogen-bond acceptors (Lipinski definition) is 3. The van der Waals surface area contributed by atoms with Gasteiger partial charge in [0.2, 0.25) is 0 Å². The maximum atomic E-state index is 5.80. The van der Waals surface area contributed by atoms with Crippen LogP contribution in [0, 0.1) is 0 Å². The zero-order valence-electron chi connectivity index (χ0n) is 8.83. The Morgan fingerprint density at radius 3 is 2.92 bits per heavy atom. The average molecular weight is 202 g/mol. The molecular formula is C10H22N2S. The fourth-order valence-electron chi connectivity index (χ4n) is 2.03. The third-order valence-corrected chi connectivity index (χ3v) is 3.97. The maximum absolute atomic E-state index is 5.80. The summed E-state index contributed by atoms with van der Waals surface area (Å²) < 4.78 is 0. The van der Waals surface area contributed by atoms with Gasteiger partial charge in [0.15, 0.2) is 0 Å². The largest absolute Gasteiger partial charge is 0.329 e. The number of hydrogen-bond donors (Lipinski definition) is 1. The molecule has 78 valence electrons. The highest BCUT2D eigenvalue weighted by atomic mass is 32.2. The summed E-state index contributed by atoms with van der Waals surface area (Å²) in [5, 5.41) is 0. The highest BCUT2D eigenvalue weighted by Gasteiger charge is 2.24. The number of nitrogens with two attached hydrogens (primary N) is 1. The summed E-state index contributed by atoms with van der Waals surface area (Å²) >= 11 is 2.07. The monoisotopic (exact) mass is 202 g/mol. The van der Waals surface area contributed by atoms with Crippen molar-refractivity contribution in [2.75, 3.05) is 24.6 Å². The summed E-state index contributed by atoms with van der Waals surface area (Å²) in [6.07, 6.45) is 2.50. The Balaban J connectivity index is 2.44. The quantitative estimate of drug-likeness (QED) is 0.750. The molecule has 1 saturated heterocycles. The van der Waals surface area contributed by atoms with Gasteiger partial charge in [-0.25, -0.2) is 0 Å². The summed E-state index contributed by atoms with van der Waals surface area (Å²) in [7, 11) is 0. The molecule has 1 fully saturated rings. The first-order valence-electron chi connectivity index (χ1n) is 5.33. The molecule has 1 aliphatic rings. The lowest BCUT2D eigenvalue weighted by atomic mass is 10.1. The smallest absolute Gasteiger partial charge is 0.0221 e. The Hall–Kier alpha value is 0.270.